The van der Waals surface area contributed by atoms with Crippen molar-refractivity contribution in [3.63, 3.8) is 0 Å². The number of rotatable bonds is 4. The average molecular weight is 341 g/mol. The van der Waals surface area contributed by atoms with Crippen LogP contribution >= 0.6 is 0 Å². The molecule has 0 aromatic heterocycles. The fourth-order valence-corrected chi connectivity index (χ4v) is 1.99. The molecule has 128 valence electrons. The summed E-state index contributed by atoms with van der Waals surface area (Å²) in [7, 11) is 0. The van der Waals surface area contributed by atoms with Crippen LogP contribution in [-0.2, 0) is 6.18 Å². The Balaban J connectivity index is 2.11. The second-order valence-electron chi connectivity index (χ2n) is 4.88. The molecule has 0 heterocycles. The van der Waals surface area contributed by atoms with Gasteiger partial charge in [-0.3, -0.25) is 0 Å². The molecule has 0 aliphatic rings. The molecule has 8 heteroatoms. The molecule has 0 spiro atoms. The van der Waals surface area contributed by atoms with Crippen molar-refractivity contribution < 1.29 is 22.4 Å². The predicted molar refractivity (Wildman–Crippen MR) is 84.6 cm³/mol. The van der Waals surface area contributed by atoms with Gasteiger partial charge >= 0.3 is 12.2 Å². The maximum Gasteiger partial charge on any atom is 0.416 e. The summed E-state index contributed by atoms with van der Waals surface area (Å²) in [5, 5.41) is 7.56. The first-order valence-corrected chi connectivity index (χ1v) is 7.08. The van der Waals surface area contributed by atoms with Crippen molar-refractivity contribution >= 4 is 23.1 Å². The number of amides is 2. The summed E-state index contributed by atoms with van der Waals surface area (Å²) in [5.41, 5.74) is -0.419. The predicted octanol–water partition coefficient (Wildman–Crippen LogP) is 4.92. The average Bonchev–Trinajstić information content (AvgIpc) is 2.49. The lowest BCUT2D eigenvalue weighted by atomic mass is 10.2. The van der Waals surface area contributed by atoms with Crippen molar-refractivity contribution in [2.45, 2.75) is 13.1 Å². The number of hydrogen-bond donors (Lipinski definition) is 3. The minimum absolute atomic E-state index is 0.415. The van der Waals surface area contributed by atoms with Gasteiger partial charge in [0.2, 0.25) is 0 Å². The first kappa shape index (κ1) is 17.6. The van der Waals surface area contributed by atoms with Crippen LogP contribution in [0, 0.1) is 5.82 Å². The third-order valence-electron chi connectivity index (χ3n) is 3.04. The summed E-state index contributed by atoms with van der Waals surface area (Å²) in [4.78, 5) is 11.9. The van der Waals surface area contributed by atoms with Crippen molar-refractivity contribution in [3.8, 4) is 0 Å². The topological polar surface area (TPSA) is 53.2 Å². The molecule has 2 aromatic rings. The monoisotopic (exact) mass is 341 g/mol. The van der Waals surface area contributed by atoms with Gasteiger partial charge < -0.3 is 16.0 Å². The van der Waals surface area contributed by atoms with Crippen LogP contribution in [0.2, 0.25) is 0 Å². The van der Waals surface area contributed by atoms with E-state index < -0.39 is 29.3 Å². The van der Waals surface area contributed by atoms with E-state index in [1.165, 1.54) is 0 Å². The number of urea groups is 1. The normalized spacial score (nSPS) is 11.0. The Morgan fingerprint density at radius 3 is 2.42 bits per heavy atom. The van der Waals surface area contributed by atoms with Crippen LogP contribution in [0.4, 0.5) is 39.4 Å². The fourth-order valence-electron chi connectivity index (χ4n) is 1.99. The highest BCUT2D eigenvalue weighted by Gasteiger charge is 2.31. The lowest BCUT2D eigenvalue weighted by Crippen LogP contribution is -2.20. The molecule has 24 heavy (non-hydrogen) atoms. The summed E-state index contributed by atoms with van der Waals surface area (Å²) >= 11 is 0. The first-order valence-electron chi connectivity index (χ1n) is 7.08. The Labute approximate surface area is 135 Å². The van der Waals surface area contributed by atoms with Crippen LogP contribution < -0.4 is 16.0 Å². The summed E-state index contributed by atoms with van der Waals surface area (Å²) in [6.45, 7) is 2.59. The number of alkyl halides is 3. The number of halogens is 4. The number of carbonyl (C=O) groups is 1. The maximum absolute atomic E-state index is 13.6. The van der Waals surface area contributed by atoms with Crippen molar-refractivity contribution in [3.05, 3.63) is 53.8 Å². The number of anilines is 3. The van der Waals surface area contributed by atoms with Crippen molar-refractivity contribution in [2.24, 2.45) is 0 Å². The minimum atomic E-state index is -4.62. The van der Waals surface area contributed by atoms with E-state index in [1.807, 2.05) is 6.92 Å². The Bertz CT molecular complexity index is 732. The molecular weight excluding hydrogens is 326 g/mol. The van der Waals surface area contributed by atoms with E-state index in [-0.39, 0.29) is 0 Å². The lowest BCUT2D eigenvalue weighted by molar-refractivity contribution is -0.137. The van der Waals surface area contributed by atoms with Crippen LogP contribution in [0.5, 0.6) is 0 Å². The summed E-state index contributed by atoms with van der Waals surface area (Å²) in [6, 6.07) is 7.69. The Morgan fingerprint density at radius 2 is 1.75 bits per heavy atom. The van der Waals surface area contributed by atoms with Crippen LogP contribution in [0.15, 0.2) is 42.5 Å². The van der Waals surface area contributed by atoms with Gasteiger partial charge in [0.25, 0.3) is 0 Å². The molecule has 3 N–H and O–H groups in total. The van der Waals surface area contributed by atoms with Crippen LogP contribution in [-0.4, -0.2) is 12.6 Å². The van der Waals surface area contributed by atoms with Crippen molar-refractivity contribution in [1.82, 2.24) is 0 Å². The minimum Gasteiger partial charge on any atom is -0.385 e. The van der Waals surface area contributed by atoms with E-state index in [0.717, 1.165) is 5.69 Å². The second-order valence-corrected chi connectivity index (χ2v) is 4.88. The third kappa shape index (κ3) is 4.61. The van der Waals surface area contributed by atoms with Gasteiger partial charge in [0.05, 0.1) is 11.3 Å². The first-order chi connectivity index (χ1) is 11.3. The molecule has 0 aliphatic carbocycles. The highest BCUT2D eigenvalue weighted by Crippen LogP contribution is 2.31. The molecule has 2 rings (SSSR count). The van der Waals surface area contributed by atoms with E-state index in [1.54, 1.807) is 24.3 Å². The molecule has 0 radical (unpaired) electrons. The van der Waals surface area contributed by atoms with Gasteiger partial charge in [-0.25, -0.2) is 9.18 Å². The fraction of sp³-hybridized carbons (Fsp3) is 0.188. The lowest BCUT2D eigenvalue weighted by Gasteiger charge is -2.12. The van der Waals surface area contributed by atoms with Gasteiger partial charge in [0, 0.05) is 17.9 Å². The zero-order valence-electron chi connectivity index (χ0n) is 12.7. The number of benzene rings is 2. The standard InChI is InChI=1S/C16H15F4N3O/c1-2-21-11-4-3-5-12(9-11)22-15(24)23-14-8-10(16(18,19)20)6-7-13(14)17/h3-9,21H,2H2,1H3,(H2,22,23,24). The van der Waals surface area contributed by atoms with E-state index in [9.17, 15) is 22.4 Å². The van der Waals surface area contributed by atoms with Gasteiger partial charge in [-0.05, 0) is 43.3 Å². The van der Waals surface area contributed by atoms with Crippen LogP contribution in [0.25, 0.3) is 0 Å². The number of carbonyl (C=O) groups excluding carboxylic acids is 1. The molecule has 0 unspecified atom stereocenters. The van der Waals surface area contributed by atoms with E-state index in [4.69, 9.17) is 0 Å². The summed E-state index contributed by atoms with van der Waals surface area (Å²) in [6.07, 6.45) is -4.62. The Hall–Kier alpha value is -2.77. The molecule has 4 nitrogen and oxygen atoms in total. The molecule has 0 aliphatic heterocycles. The quantitative estimate of drug-likeness (QED) is 0.691. The van der Waals surface area contributed by atoms with Gasteiger partial charge in [-0.15, -0.1) is 0 Å². The maximum atomic E-state index is 13.6. The number of hydrogen-bond acceptors (Lipinski definition) is 2. The van der Waals surface area contributed by atoms with E-state index in [2.05, 4.69) is 16.0 Å². The zero-order valence-corrected chi connectivity index (χ0v) is 12.7. The van der Waals surface area contributed by atoms with E-state index >= 15 is 0 Å². The van der Waals surface area contributed by atoms with Gasteiger partial charge in [0.15, 0.2) is 0 Å². The molecule has 0 saturated carbocycles. The molecule has 0 atom stereocenters. The summed E-state index contributed by atoms with van der Waals surface area (Å²) in [5.74, 6) is -0.959. The summed E-state index contributed by atoms with van der Waals surface area (Å²) < 4.78 is 51.5. The molecule has 0 saturated heterocycles. The highest BCUT2D eigenvalue weighted by molar-refractivity contribution is 6.00. The zero-order chi connectivity index (χ0) is 17.7. The molecule has 0 fully saturated rings. The van der Waals surface area contributed by atoms with Crippen LogP contribution in [0.1, 0.15) is 12.5 Å². The largest absolute Gasteiger partial charge is 0.416 e. The van der Waals surface area contributed by atoms with E-state index in [0.29, 0.717) is 30.4 Å². The molecule has 2 amide bonds. The Kier molecular flexibility index (Phi) is 5.28. The van der Waals surface area contributed by atoms with Gasteiger partial charge in [-0.2, -0.15) is 13.2 Å². The smallest absolute Gasteiger partial charge is 0.385 e. The molecular formula is C16H15F4N3O. The van der Waals surface area contributed by atoms with Gasteiger partial charge in [0.1, 0.15) is 5.82 Å². The van der Waals surface area contributed by atoms with Gasteiger partial charge in [-0.1, -0.05) is 6.07 Å². The second kappa shape index (κ2) is 7.20. The van der Waals surface area contributed by atoms with Crippen molar-refractivity contribution in [1.29, 1.82) is 0 Å². The van der Waals surface area contributed by atoms with Crippen molar-refractivity contribution in [2.75, 3.05) is 22.5 Å². The van der Waals surface area contributed by atoms with Crippen LogP contribution in [0.3, 0.4) is 0 Å². The Morgan fingerprint density at radius 1 is 1.04 bits per heavy atom. The molecule has 0 bridgehead atoms. The SMILES string of the molecule is CCNc1cccc(NC(=O)Nc2cc(C(F)(F)F)ccc2F)c1. The third-order valence-corrected chi connectivity index (χ3v) is 3.04. The molecule has 2 aromatic carbocycles. The highest BCUT2D eigenvalue weighted by atomic mass is 19.4. The number of nitrogens with one attached hydrogen (secondary N) is 3.